The molecule has 1 aliphatic rings. The van der Waals surface area contributed by atoms with Crippen LogP contribution in [0.5, 0.6) is 0 Å². The number of nitrogens with one attached hydrogen (secondary N) is 1. The molecule has 2 heteroatoms. The Morgan fingerprint density at radius 1 is 0.870 bits per heavy atom. The van der Waals surface area contributed by atoms with Crippen molar-refractivity contribution in [2.75, 3.05) is 0 Å². The van der Waals surface area contributed by atoms with Crippen LogP contribution in [0.4, 0.5) is 0 Å². The molecule has 3 unspecified atom stereocenters. The van der Waals surface area contributed by atoms with Gasteiger partial charge in [-0.15, -0.1) is 0 Å². The second kappa shape index (κ2) is 5.51. The Balaban J connectivity index is 2.30. The lowest BCUT2D eigenvalue weighted by Crippen LogP contribution is -2.29. The van der Waals surface area contributed by atoms with Gasteiger partial charge in [-0.05, 0) is 93.2 Å². The molecule has 0 aliphatic heterocycles. The van der Waals surface area contributed by atoms with Crippen LogP contribution < -0.4 is 0 Å². The molecule has 0 spiro atoms. The van der Waals surface area contributed by atoms with Crippen LogP contribution >= 0.6 is 0 Å². The number of aryl methyl sites for hydroxylation is 2. The number of nitrogens with zero attached hydrogens (tertiary/aromatic N) is 1. The van der Waals surface area contributed by atoms with Crippen molar-refractivity contribution >= 4 is 0 Å². The summed E-state index contributed by atoms with van der Waals surface area (Å²) in [5, 5.41) is 0. The van der Waals surface area contributed by atoms with Crippen molar-refractivity contribution in [3.63, 3.8) is 0 Å². The third kappa shape index (κ3) is 2.34. The minimum absolute atomic E-state index is 0.388. The molecule has 0 fully saturated rings. The first kappa shape index (κ1) is 16.3. The average molecular weight is 310 g/mol. The molecule has 0 saturated carbocycles. The van der Waals surface area contributed by atoms with Crippen LogP contribution in [0.15, 0.2) is 0 Å². The van der Waals surface area contributed by atoms with E-state index in [1.54, 1.807) is 11.1 Å². The van der Waals surface area contributed by atoms with Gasteiger partial charge in [0.1, 0.15) is 5.82 Å². The van der Waals surface area contributed by atoms with Gasteiger partial charge in [-0.25, -0.2) is 4.98 Å². The molecular formula is C21H30N2. The van der Waals surface area contributed by atoms with E-state index in [0.717, 1.165) is 11.5 Å². The standard InChI is InChI=1S/C21H30N2/c1-10-9-18-14(5)12(3)13(4)15(6)19(18)20(11(10)2)21-22-16(7)17(8)23-21/h10-11,20H,9H2,1-8H3,(H,22,23). The first-order chi connectivity index (χ1) is 10.7. The lowest BCUT2D eigenvalue weighted by Gasteiger charge is -2.38. The van der Waals surface area contributed by atoms with Crippen molar-refractivity contribution in [1.82, 2.24) is 9.97 Å². The number of hydrogen-bond donors (Lipinski definition) is 1. The van der Waals surface area contributed by atoms with E-state index < -0.39 is 0 Å². The molecule has 0 bridgehead atoms. The molecular weight excluding hydrogens is 280 g/mol. The third-order valence-corrected chi connectivity index (χ3v) is 6.57. The summed E-state index contributed by atoms with van der Waals surface area (Å²) in [7, 11) is 0. The zero-order chi connectivity index (χ0) is 17.0. The van der Waals surface area contributed by atoms with Crippen molar-refractivity contribution in [2.24, 2.45) is 11.8 Å². The van der Waals surface area contributed by atoms with E-state index in [1.165, 1.54) is 34.4 Å². The van der Waals surface area contributed by atoms with Crippen LogP contribution in [-0.4, -0.2) is 9.97 Å². The summed E-state index contributed by atoms with van der Waals surface area (Å²) >= 11 is 0. The lowest BCUT2D eigenvalue weighted by atomic mass is 9.66. The summed E-state index contributed by atoms with van der Waals surface area (Å²) in [6, 6.07) is 0. The van der Waals surface area contributed by atoms with Gasteiger partial charge >= 0.3 is 0 Å². The van der Waals surface area contributed by atoms with E-state index in [9.17, 15) is 0 Å². The first-order valence-electron chi connectivity index (χ1n) is 8.86. The quantitative estimate of drug-likeness (QED) is 0.768. The van der Waals surface area contributed by atoms with Crippen LogP contribution in [-0.2, 0) is 6.42 Å². The van der Waals surface area contributed by atoms with Crippen molar-refractivity contribution in [3.8, 4) is 0 Å². The Morgan fingerprint density at radius 3 is 2.04 bits per heavy atom. The number of imidazole rings is 1. The minimum Gasteiger partial charge on any atom is -0.345 e. The predicted molar refractivity (Wildman–Crippen MR) is 97.3 cm³/mol. The zero-order valence-electron chi connectivity index (χ0n) is 15.9. The Hall–Kier alpha value is -1.57. The van der Waals surface area contributed by atoms with Gasteiger partial charge < -0.3 is 4.98 Å². The summed E-state index contributed by atoms with van der Waals surface area (Å²) in [6.45, 7) is 18.2. The fourth-order valence-electron chi connectivity index (χ4n) is 4.31. The van der Waals surface area contributed by atoms with E-state index in [4.69, 9.17) is 4.98 Å². The third-order valence-electron chi connectivity index (χ3n) is 6.57. The molecule has 0 radical (unpaired) electrons. The molecule has 3 atom stereocenters. The fraction of sp³-hybridized carbons (Fsp3) is 0.571. The van der Waals surface area contributed by atoms with Gasteiger partial charge in [0.25, 0.3) is 0 Å². The van der Waals surface area contributed by atoms with Crippen molar-refractivity contribution in [3.05, 3.63) is 50.6 Å². The SMILES string of the molecule is Cc1nc(C2c3c(C)c(C)c(C)c(C)c3CC(C)C2C)[nH]c1C. The summed E-state index contributed by atoms with van der Waals surface area (Å²) in [5.41, 5.74) is 11.3. The van der Waals surface area contributed by atoms with Gasteiger partial charge in [-0.2, -0.15) is 0 Å². The smallest absolute Gasteiger partial charge is 0.114 e. The van der Waals surface area contributed by atoms with Crippen LogP contribution in [0.1, 0.15) is 70.4 Å². The number of H-pyrrole nitrogens is 1. The minimum atomic E-state index is 0.388. The molecule has 1 N–H and O–H groups in total. The molecule has 124 valence electrons. The number of aromatic amines is 1. The molecule has 1 aromatic heterocycles. The number of rotatable bonds is 1. The van der Waals surface area contributed by atoms with Gasteiger partial charge in [0.2, 0.25) is 0 Å². The predicted octanol–water partition coefficient (Wildman–Crippen LogP) is 5.22. The number of hydrogen-bond acceptors (Lipinski definition) is 1. The summed E-state index contributed by atoms with van der Waals surface area (Å²) < 4.78 is 0. The van der Waals surface area contributed by atoms with Crippen LogP contribution in [0.2, 0.25) is 0 Å². The molecule has 23 heavy (non-hydrogen) atoms. The van der Waals surface area contributed by atoms with Gasteiger partial charge in [0, 0.05) is 11.6 Å². The molecule has 0 saturated heterocycles. The number of fused-ring (bicyclic) bond motifs is 1. The maximum atomic E-state index is 4.88. The van der Waals surface area contributed by atoms with Crippen molar-refractivity contribution in [1.29, 1.82) is 0 Å². The zero-order valence-corrected chi connectivity index (χ0v) is 15.9. The second-order valence-corrected chi connectivity index (χ2v) is 7.74. The summed E-state index contributed by atoms with van der Waals surface area (Å²) in [4.78, 5) is 8.46. The van der Waals surface area contributed by atoms with E-state index >= 15 is 0 Å². The summed E-state index contributed by atoms with van der Waals surface area (Å²) in [5.74, 6) is 2.83. The highest BCUT2D eigenvalue weighted by Crippen LogP contribution is 2.46. The van der Waals surface area contributed by atoms with Crippen molar-refractivity contribution in [2.45, 2.75) is 67.7 Å². The topological polar surface area (TPSA) is 28.7 Å². The van der Waals surface area contributed by atoms with E-state index in [2.05, 4.69) is 60.4 Å². The Bertz CT molecular complexity index is 747. The second-order valence-electron chi connectivity index (χ2n) is 7.74. The molecule has 2 aromatic rings. The fourth-order valence-corrected chi connectivity index (χ4v) is 4.31. The number of aromatic nitrogens is 2. The number of benzene rings is 1. The highest BCUT2D eigenvalue weighted by atomic mass is 14.9. The summed E-state index contributed by atoms with van der Waals surface area (Å²) in [6.07, 6.45) is 1.19. The molecule has 1 aromatic carbocycles. The monoisotopic (exact) mass is 310 g/mol. The van der Waals surface area contributed by atoms with Crippen LogP contribution in [0.25, 0.3) is 0 Å². The normalized spacial score (nSPS) is 23.9. The van der Waals surface area contributed by atoms with Gasteiger partial charge in [0.05, 0.1) is 5.69 Å². The maximum absolute atomic E-state index is 4.88. The van der Waals surface area contributed by atoms with E-state index in [-0.39, 0.29) is 0 Å². The van der Waals surface area contributed by atoms with E-state index in [0.29, 0.717) is 17.8 Å². The van der Waals surface area contributed by atoms with Gasteiger partial charge in [-0.1, -0.05) is 13.8 Å². The molecule has 2 nitrogen and oxygen atoms in total. The molecule has 1 aliphatic carbocycles. The Morgan fingerprint density at radius 2 is 1.48 bits per heavy atom. The maximum Gasteiger partial charge on any atom is 0.114 e. The highest BCUT2D eigenvalue weighted by Gasteiger charge is 2.37. The van der Waals surface area contributed by atoms with Crippen molar-refractivity contribution < 1.29 is 0 Å². The van der Waals surface area contributed by atoms with Crippen LogP contribution in [0.3, 0.4) is 0 Å². The average Bonchev–Trinajstić information content (AvgIpc) is 2.84. The van der Waals surface area contributed by atoms with Gasteiger partial charge in [0.15, 0.2) is 0 Å². The Kier molecular flexibility index (Phi) is 3.90. The Labute approximate surface area is 140 Å². The highest BCUT2D eigenvalue weighted by molar-refractivity contribution is 5.54. The van der Waals surface area contributed by atoms with Crippen LogP contribution in [0, 0.1) is 53.4 Å². The van der Waals surface area contributed by atoms with Gasteiger partial charge in [-0.3, -0.25) is 0 Å². The largest absolute Gasteiger partial charge is 0.345 e. The molecule has 1 heterocycles. The molecule has 0 amide bonds. The first-order valence-corrected chi connectivity index (χ1v) is 8.86. The molecule has 3 rings (SSSR count). The van der Waals surface area contributed by atoms with E-state index in [1.807, 2.05) is 0 Å². The lowest BCUT2D eigenvalue weighted by molar-refractivity contribution is 0.317.